The van der Waals surface area contributed by atoms with Crippen LogP contribution in [0.15, 0.2) is 72.8 Å². The van der Waals surface area contributed by atoms with Crippen molar-refractivity contribution in [2.45, 2.75) is 20.3 Å². The van der Waals surface area contributed by atoms with Crippen molar-refractivity contribution in [3.8, 4) is 5.75 Å². The third-order valence-corrected chi connectivity index (χ3v) is 6.05. The molecular formula is C28H31N3O3. The number of hydrogen-bond donors (Lipinski definition) is 1. The molecule has 1 aliphatic heterocycles. The lowest BCUT2D eigenvalue weighted by Crippen LogP contribution is -2.48. The number of piperazine rings is 1. The first kappa shape index (κ1) is 23.4. The van der Waals surface area contributed by atoms with Crippen LogP contribution in [-0.2, 0) is 11.2 Å². The largest absolute Gasteiger partial charge is 0.484 e. The molecule has 0 saturated carbocycles. The number of amides is 2. The molecular weight excluding hydrogens is 426 g/mol. The zero-order chi connectivity index (χ0) is 23.9. The second kappa shape index (κ2) is 10.9. The monoisotopic (exact) mass is 457 g/mol. The number of ether oxygens (including phenoxy) is 1. The minimum absolute atomic E-state index is 0.0393. The first-order valence-electron chi connectivity index (χ1n) is 11.7. The number of aryl methyl sites for hydroxylation is 2. The molecule has 0 aliphatic carbocycles. The number of benzene rings is 3. The van der Waals surface area contributed by atoms with Crippen molar-refractivity contribution in [2.75, 3.05) is 43.0 Å². The molecule has 3 aromatic rings. The lowest BCUT2D eigenvalue weighted by molar-refractivity contribution is -0.118. The molecule has 0 radical (unpaired) electrons. The van der Waals surface area contributed by atoms with Crippen LogP contribution >= 0.6 is 0 Å². The highest BCUT2D eigenvalue weighted by atomic mass is 16.5. The quantitative estimate of drug-likeness (QED) is 0.566. The third-order valence-electron chi connectivity index (χ3n) is 6.05. The Morgan fingerprint density at radius 2 is 1.62 bits per heavy atom. The van der Waals surface area contributed by atoms with Crippen LogP contribution in [0.4, 0.5) is 11.4 Å². The van der Waals surface area contributed by atoms with Crippen LogP contribution in [0.5, 0.6) is 5.75 Å². The molecule has 1 heterocycles. The summed E-state index contributed by atoms with van der Waals surface area (Å²) in [5.41, 5.74) is 4.88. The van der Waals surface area contributed by atoms with E-state index in [1.54, 1.807) is 0 Å². The average molecular weight is 458 g/mol. The molecule has 176 valence electrons. The molecule has 4 rings (SSSR count). The summed E-state index contributed by atoms with van der Waals surface area (Å²) in [7, 11) is 0. The van der Waals surface area contributed by atoms with Crippen molar-refractivity contribution in [1.29, 1.82) is 0 Å². The number of carbonyl (C=O) groups excluding carboxylic acids is 2. The second-order valence-electron chi connectivity index (χ2n) is 8.53. The Morgan fingerprint density at radius 1 is 0.912 bits per heavy atom. The van der Waals surface area contributed by atoms with Crippen LogP contribution in [0.25, 0.3) is 0 Å². The number of nitrogens with one attached hydrogen (secondary N) is 1. The number of carbonyl (C=O) groups is 2. The van der Waals surface area contributed by atoms with Gasteiger partial charge in [0.1, 0.15) is 5.75 Å². The summed E-state index contributed by atoms with van der Waals surface area (Å²) >= 11 is 0. The fourth-order valence-corrected chi connectivity index (χ4v) is 4.04. The molecule has 3 aromatic carbocycles. The van der Waals surface area contributed by atoms with E-state index in [0.717, 1.165) is 42.0 Å². The van der Waals surface area contributed by atoms with Gasteiger partial charge in [-0.05, 0) is 73.0 Å². The number of rotatable bonds is 7. The highest BCUT2D eigenvalue weighted by Gasteiger charge is 2.22. The molecule has 34 heavy (non-hydrogen) atoms. The van der Waals surface area contributed by atoms with Crippen LogP contribution < -0.4 is 15.0 Å². The van der Waals surface area contributed by atoms with Gasteiger partial charge in [-0.15, -0.1) is 0 Å². The Hall–Kier alpha value is -3.80. The van der Waals surface area contributed by atoms with Gasteiger partial charge in [-0.1, -0.05) is 31.2 Å². The van der Waals surface area contributed by atoms with Gasteiger partial charge in [0, 0.05) is 43.1 Å². The van der Waals surface area contributed by atoms with Gasteiger partial charge >= 0.3 is 0 Å². The zero-order valence-corrected chi connectivity index (χ0v) is 19.8. The SMILES string of the molecule is CCc1ccc(C(=O)N2CCN(c3ccc(NC(=O)COc4cccc(C)c4)cc3)CC2)cc1. The Bertz CT molecular complexity index is 1120. The first-order chi connectivity index (χ1) is 16.5. The van der Waals surface area contributed by atoms with Crippen molar-refractivity contribution >= 4 is 23.2 Å². The third kappa shape index (κ3) is 5.95. The van der Waals surface area contributed by atoms with Gasteiger partial charge in [0.25, 0.3) is 11.8 Å². The number of hydrogen-bond acceptors (Lipinski definition) is 4. The predicted molar refractivity (Wildman–Crippen MR) is 136 cm³/mol. The summed E-state index contributed by atoms with van der Waals surface area (Å²) in [5.74, 6) is 0.572. The second-order valence-corrected chi connectivity index (χ2v) is 8.53. The van der Waals surface area contributed by atoms with E-state index in [4.69, 9.17) is 4.74 Å². The summed E-state index contributed by atoms with van der Waals surface area (Å²) in [6, 6.07) is 23.3. The molecule has 1 N–H and O–H groups in total. The van der Waals surface area contributed by atoms with E-state index in [1.807, 2.05) is 84.6 Å². The molecule has 2 amide bonds. The smallest absolute Gasteiger partial charge is 0.262 e. The molecule has 0 aromatic heterocycles. The molecule has 1 aliphatic rings. The number of nitrogens with zero attached hydrogens (tertiary/aromatic N) is 2. The van der Waals surface area contributed by atoms with Gasteiger partial charge in [-0.25, -0.2) is 0 Å². The zero-order valence-electron chi connectivity index (χ0n) is 19.8. The molecule has 6 heteroatoms. The van der Waals surface area contributed by atoms with E-state index in [9.17, 15) is 9.59 Å². The van der Waals surface area contributed by atoms with Gasteiger partial charge in [0.15, 0.2) is 6.61 Å². The van der Waals surface area contributed by atoms with Gasteiger partial charge < -0.3 is 19.9 Å². The molecule has 0 bridgehead atoms. The van der Waals surface area contributed by atoms with Crippen molar-refractivity contribution in [2.24, 2.45) is 0 Å². The molecule has 0 unspecified atom stereocenters. The van der Waals surface area contributed by atoms with Gasteiger partial charge in [0.2, 0.25) is 0 Å². The lowest BCUT2D eigenvalue weighted by Gasteiger charge is -2.36. The minimum atomic E-state index is -0.201. The van der Waals surface area contributed by atoms with Crippen LogP contribution in [0.2, 0.25) is 0 Å². The molecule has 1 saturated heterocycles. The minimum Gasteiger partial charge on any atom is -0.484 e. The summed E-state index contributed by atoms with van der Waals surface area (Å²) in [6.07, 6.45) is 0.969. The van der Waals surface area contributed by atoms with Crippen molar-refractivity contribution in [3.05, 3.63) is 89.5 Å². The van der Waals surface area contributed by atoms with E-state index >= 15 is 0 Å². The summed E-state index contributed by atoms with van der Waals surface area (Å²) in [6.45, 7) is 6.97. The van der Waals surface area contributed by atoms with E-state index in [1.165, 1.54) is 5.56 Å². The van der Waals surface area contributed by atoms with Crippen molar-refractivity contribution in [3.63, 3.8) is 0 Å². The maximum absolute atomic E-state index is 12.8. The maximum Gasteiger partial charge on any atom is 0.262 e. The van der Waals surface area contributed by atoms with Crippen molar-refractivity contribution < 1.29 is 14.3 Å². The summed E-state index contributed by atoms with van der Waals surface area (Å²) in [4.78, 5) is 29.2. The molecule has 0 atom stereocenters. The predicted octanol–water partition coefficient (Wildman–Crippen LogP) is 4.54. The maximum atomic E-state index is 12.8. The molecule has 6 nitrogen and oxygen atoms in total. The van der Waals surface area contributed by atoms with E-state index in [2.05, 4.69) is 17.1 Å². The fourth-order valence-electron chi connectivity index (χ4n) is 4.04. The topological polar surface area (TPSA) is 61.9 Å². The van der Waals surface area contributed by atoms with E-state index in [0.29, 0.717) is 18.8 Å². The fraction of sp³-hybridized carbons (Fsp3) is 0.286. The Morgan fingerprint density at radius 3 is 2.26 bits per heavy atom. The van der Waals surface area contributed by atoms with Crippen LogP contribution in [0, 0.1) is 6.92 Å². The average Bonchev–Trinajstić information content (AvgIpc) is 2.88. The normalized spacial score (nSPS) is 13.5. The van der Waals surface area contributed by atoms with Crippen molar-refractivity contribution in [1.82, 2.24) is 4.90 Å². The van der Waals surface area contributed by atoms with Gasteiger partial charge in [-0.3, -0.25) is 9.59 Å². The Labute approximate surface area is 201 Å². The van der Waals surface area contributed by atoms with Gasteiger partial charge in [0.05, 0.1) is 0 Å². The van der Waals surface area contributed by atoms with Gasteiger partial charge in [-0.2, -0.15) is 0 Å². The Balaban J connectivity index is 1.25. The highest BCUT2D eigenvalue weighted by molar-refractivity contribution is 5.94. The standard InChI is InChI=1S/C28H31N3O3/c1-3-22-7-9-23(10-8-22)28(33)31-17-15-30(16-18-31)25-13-11-24(12-14-25)29-27(32)20-34-26-6-4-5-21(2)19-26/h4-14,19H,3,15-18,20H2,1-2H3,(H,29,32). The van der Waals surface area contributed by atoms with E-state index < -0.39 is 0 Å². The highest BCUT2D eigenvalue weighted by Crippen LogP contribution is 2.21. The molecule has 1 fully saturated rings. The summed E-state index contributed by atoms with van der Waals surface area (Å²) < 4.78 is 5.56. The Kier molecular flexibility index (Phi) is 7.48. The van der Waals surface area contributed by atoms with Crippen LogP contribution in [0.3, 0.4) is 0 Å². The first-order valence-corrected chi connectivity index (χ1v) is 11.7. The summed E-state index contributed by atoms with van der Waals surface area (Å²) in [5, 5.41) is 2.87. The lowest BCUT2D eigenvalue weighted by atomic mass is 10.1. The van der Waals surface area contributed by atoms with Crippen LogP contribution in [-0.4, -0.2) is 49.5 Å². The number of anilines is 2. The van der Waals surface area contributed by atoms with E-state index in [-0.39, 0.29) is 18.4 Å². The van der Waals surface area contributed by atoms with Crippen LogP contribution in [0.1, 0.15) is 28.4 Å². The molecule has 0 spiro atoms.